The molecule has 0 atom stereocenters. The zero-order valence-corrected chi connectivity index (χ0v) is 19.7. The number of pyridine rings is 1. The molecule has 1 aromatic heterocycles. The number of amides is 1. The van der Waals surface area contributed by atoms with E-state index in [0.717, 1.165) is 12.1 Å². The highest BCUT2D eigenvalue weighted by Crippen LogP contribution is 2.39. The van der Waals surface area contributed by atoms with Gasteiger partial charge in [0.25, 0.3) is 5.91 Å². The number of ether oxygens (including phenoxy) is 1. The summed E-state index contributed by atoms with van der Waals surface area (Å²) in [6.07, 6.45) is 0. The summed E-state index contributed by atoms with van der Waals surface area (Å²) in [5, 5.41) is 3.24. The monoisotopic (exact) mass is 516 g/mol. The lowest BCUT2D eigenvalue weighted by molar-refractivity contribution is 0.0957. The van der Waals surface area contributed by atoms with Gasteiger partial charge in [-0.05, 0) is 59.7 Å². The predicted molar refractivity (Wildman–Crippen MR) is 129 cm³/mol. The first-order valence-corrected chi connectivity index (χ1v) is 11.1. The maximum absolute atomic E-state index is 13.6. The molecular weight excluding hydrogens is 500 g/mol. The van der Waals surface area contributed by atoms with Crippen molar-refractivity contribution in [3.63, 3.8) is 0 Å². The number of hydrogen-bond donors (Lipinski definition) is 1. The van der Waals surface area contributed by atoms with Crippen LogP contribution < -0.4 is 10.1 Å². The van der Waals surface area contributed by atoms with Gasteiger partial charge < -0.3 is 10.1 Å². The summed E-state index contributed by atoms with van der Waals surface area (Å²) in [7, 11) is 1.45. The summed E-state index contributed by atoms with van der Waals surface area (Å²) < 4.78 is 46.3. The topological polar surface area (TPSA) is 51.2 Å². The van der Waals surface area contributed by atoms with Gasteiger partial charge in [0, 0.05) is 23.2 Å². The molecular formula is C26H17Cl2F3N2O2. The molecule has 0 aliphatic heterocycles. The Bertz CT molecular complexity index is 1410. The van der Waals surface area contributed by atoms with Crippen molar-refractivity contribution in [3.8, 4) is 28.3 Å². The zero-order chi connectivity index (χ0) is 25.1. The summed E-state index contributed by atoms with van der Waals surface area (Å²) >= 11 is 12.5. The number of aromatic nitrogens is 1. The second kappa shape index (κ2) is 10.4. The lowest BCUT2D eigenvalue weighted by Gasteiger charge is -2.17. The van der Waals surface area contributed by atoms with Crippen molar-refractivity contribution >= 4 is 29.1 Å². The van der Waals surface area contributed by atoms with Crippen LogP contribution in [0.3, 0.4) is 0 Å². The first-order valence-electron chi connectivity index (χ1n) is 10.3. The molecule has 0 spiro atoms. The van der Waals surface area contributed by atoms with Crippen LogP contribution in [0.1, 0.15) is 15.9 Å². The van der Waals surface area contributed by atoms with Crippen LogP contribution in [0.25, 0.3) is 22.4 Å². The molecule has 4 aromatic rings. The van der Waals surface area contributed by atoms with E-state index in [2.05, 4.69) is 10.3 Å². The largest absolute Gasteiger partial charge is 0.472 e. The third-order valence-electron chi connectivity index (χ3n) is 5.16. The Morgan fingerprint density at radius 2 is 1.66 bits per heavy atom. The van der Waals surface area contributed by atoms with E-state index >= 15 is 0 Å². The van der Waals surface area contributed by atoms with Gasteiger partial charge >= 0.3 is 0 Å². The van der Waals surface area contributed by atoms with Crippen LogP contribution in [0.5, 0.6) is 5.88 Å². The average molecular weight is 517 g/mol. The molecule has 0 unspecified atom stereocenters. The van der Waals surface area contributed by atoms with E-state index in [0.29, 0.717) is 38.0 Å². The molecule has 0 saturated carbocycles. The van der Waals surface area contributed by atoms with Crippen molar-refractivity contribution in [3.05, 3.63) is 105 Å². The van der Waals surface area contributed by atoms with Crippen molar-refractivity contribution in [2.75, 3.05) is 7.05 Å². The molecule has 1 heterocycles. The summed E-state index contributed by atoms with van der Waals surface area (Å²) in [5.74, 6) is -2.98. The molecule has 35 heavy (non-hydrogen) atoms. The maximum atomic E-state index is 13.6. The van der Waals surface area contributed by atoms with Gasteiger partial charge in [0.1, 0.15) is 18.0 Å². The van der Waals surface area contributed by atoms with Crippen LogP contribution >= 0.6 is 23.2 Å². The van der Waals surface area contributed by atoms with E-state index in [1.54, 1.807) is 36.4 Å². The van der Waals surface area contributed by atoms with Crippen LogP contribution in [0, 0.1) is 17.5 Å². The minimum atomic E-state index is -1.02. The van der Waals surface area contributed by atoms with Gasteiger partial charge in [-0.2, -0.15) is 0 Å². The Balaban J connectivity index is 1.88. The number of nitrogens with one attached hydrogen (secondary N) is 1. The smallest absolute Gasteiger partial charge is 0.256 e. The molecule has 0 aliphatic carbocycles. The fourth-order valence-electron chi connectivity index (χ4n) is 3.42. The number of nitrogens with zero attached hydrogens (tertiary/aromatic N) is 1. The van der Waals surface area contributed by atoms with Gasteiger partial charge in [-0.3, -0.25) is 4.79 Å². The molecule has 178 valence electrons. The molecule has 0 radical (unpaired) electrons. The standard InChI is InChI=1S/C26H17Cl2F3N2O2/c1-32-25(34)20-12-19(15-3-6-17(29)7-4-15)24(18-8-5-16(27)11-21(18)28)33-26(20)35-13-14-2-9-22(30)23(31)10-14/h2-12H,13H2,1H3,(H,32,34). The minimum Gasteiger partial charge on any atom is -0.472 e. The second-order valence-corrected chi connectivity index (χ2v) is 8.33. The van der Waals surface area contributed by atoms with Gasteiger partial charge in [-0.25, -0.2) is 18.2 Å². The van der Waals surface area contributed by atoms with Crippen LogP contribution in [0.4, 0.5) is 13.2 Å². The van der Waals surface area contributed by atoms with Gasteiger partial charge in [-0.15, -0.1) is 0 Å². The Kier molecular flexibility index (Phi) is 7.28. The van der Waals surface area contributed by atoms with Crippen molar-refractivity contribution in [1.29, 1.82) is 0 Å². The van der Waals surface area contributed by atoms with Crippen molar-refractivity contribution in [2.45, 2.75) is 6.61 Å². The summed E-state index contributed by atoms with van der Waals surface area (Å²) in [6.45, 7) is -0.183. The number of carbonyl (C=O) groups excluding carboxylic acids is 1. The third kappa shape index (κ3) is 5.42. The Morgan fingerprint density at radius 3 is 2.31 bits per heavy atom. The van der Waals surface area contributed by atoms with E-state index in [9.17, 15) is 18.0 Å². The number of rotatable bonds is 6. The van der Waals surface area contributed by atoms with Gasteiger partial charge in [-0.1, -0.05) is 41.4 Å². The fourth-order valence-corrected chi connectivity index (χ4v) is 3.92. The summed E-state index contributed by atoms with van der Waals surface area (Å²) in [5.41, 5.74) is 2.35. The van der Waals surface area contributed by atoms with E-state index in [-0.39, 0.29) is 18.1 Å². The highest BCUT2D eigenvalue weighted by atomic mass is 35.5. The maximum Gasteiger partial charge on any atom is 0.256 e. The highest BCUT2D eigenvalue weighted by Gasteiger charge is 2.22. The van der Waals surface area contributed by atoms with E-state index in [1.807, 2.05) is 0 Å². The van der Waals surface area contributed by atoms with Crippen LogP contribution in [-0.2, 0) is 6.61 Å². The molecule has 0 fully saturated rings. The van der Waals surface area contributed by atoms with Gasteiger partial charge in [0.15, 0.2) is 11.6 Å². The third-order valence-corrected chi connectivity index (χ3v) is 5.71. The molecule has 3 aromatic carbocycles. The van der Waals surface area contributed by atoms with Gasteiger partial charge in [0.2, 0.25) is 5.88 Å². The molecule has 4 nitrogen and oxygen atoms in total. The Labute approximate surface area is 209 Å². The number of carbonyl (C=O) groups is 1. The lowest BCUT2D eigenvalue weighted by atomic mass is 9.97. The number of halogens is 5. The molecule has 9 heteroatoms. The SMILES string of the molecule is CNC(=O)c1cc(-c2ccc(F)cc2)c(-c2ccc(Cl)cc2Cl)nc1OCc1ccc(F)c(F)c1. The van der Waals surface area contributed by atoms with Crippen molar-refractivity contribution in [2.24, 2.45) is 0 Å². The summed E-state index contributed by atoms with van der Waals surface area (Å²) in [4.78, 5) is 17.3. The van der Waals surface area contributed by atoms with Crippen LogP contribution in [-0.4, -0.2) is 17.9 Å². The normalized spacial score (nSPS) is 10.8. The molecule has 1 amide bonds. The van der Waals surface area contributed by atoms with Crippen LogP contribution in [0.2, 0.25) is 10.0 Å². The van der Waals surface area contributed by atoms with Crippen molar-refractivity contribution < 1.29 is 22.7 Å². The predicted octanol–water partition coefficient (Wildman–Crippen LogP) is 7.08. The second-order valence-electron chi connectivity index (χ2n) is 7.48. The fraction of sp³-hybridized carbons (Fsp3) is 0.0769. The minimum absolute atomic E-state index is 0.0547. The summed E-state index contributed by atoms with van der Waals surface area (Å²) in [6, 6.07) is 15.4. The molecule has 0 saturated heterocycles. The Hall–Kier alpha value is -3.55. The molecule has 0 bridgehead atoms. The first kappa shape index (κ1) is 24.6. The number of hydrogen-bond acceptors (Lipinski definition) is 3. The number of benzene rings is 3. The average Bonchev–Trinajstić information content (AvgIpc) is 2.84. The van der Waals surface area contributed by atoms with Crippen molar-refractivity contribution in [1.82, 2.24) is 10.3 Å². The first-order chi connectivity index (χ1) is 16.8. The van der Waals surface area contributed by atoms with Gasteiger partial charge in [0.05, 0.1) is 10.7 Å². The van der Waals surface area contributed by atoms with E-state index < -0.39 is 23.4 Å². The highest BCUT2D eigenvalue weighted by molar-refractivity contribution is 6.36. The van der Waals surface area contributed by atoms with Crippen LogP contribution in [0.15, 0.2) is 66.7 Å². The molecule has 0 aliphatic rings. The Morgan fingerprint density at radius 1 is 0.914 bits per heavy atom. The molecule has 4 rings (SSSR count). The quantitative estimate of drug-likeness (QED) is 0.298. The van der Waals surface area contributed by atoms with E-state index in [4.69, 9.17) is 27.9 Å². The zero-order valence-electron chi connectivity index (χ0n) is 18.2. The van der Waals surface area contributed by atoms with E-state index in [1.165, 1.54) is 25.2 Å². The lowest BCUT2D eigenvalue weighted by Crippen LogP contribution is -2.20. The molecule has 1 N–H and O–H groups in total.